The Morgan fingerprint density at radius 1 is 1.32 bits per heavy atom. The van der Waals surface area contributed by atoms with Gasteiger partial charge in [-0.1, -0.05) is 15.9 Å². The first kappa shape index (κ1) is 19.0. The minimum atomic E-state index is -0.892. The number of hydrogen-bond acceptors (Lipinski definition) is 3. The second-order valence-electron chi connectivity index (χ2n) is 7.70. The second-order valence-corrected chi connectivity index (χ2v) is 8.62. The summed E-state index contributed by atoms with van der Waals surface area (Å²) in [6.45, 7) is 0.548. The van der Waals surface area contributed by atoms with Gasteiger partial charge in [-0.25, -0.2) is 9.59 Å². The molecule has 1 N–H and O–H groups in total. The smallest absolute Gasteiger partial charge is 0.407 e. The Kier molecular flexibility index (Phi) is 4.91. The molecule has 1 saturated carbocycles. The van der Waals surface area contributed by atoms with Crippen molar-refractivity contribution >= 4 is 44.0 Å². The molecule has 2 aromatic heterocycles. The zero-order valence-corrected chi connectivity index (χ0v) is 17.5. The molecule has 0 bridgehead atoms. The van der Waals surface area contributed by atoms with Crippen LogP contribution in [0.5, 0.6) is 0 Å². The third-order valence-corrected chi connectivity index (χ3v) is 6.41. The Morgan fingerprint density at radius 2 is 2.04 bits per heavy atom. The van der Waals surface area contributed by atoms with Gasteiger partial charge in [0.2, 0.25) is 0 Å². The van der Waals surface area contributed by atoms with E-state index in [1.165, 1.54) is 4.90 Å². The van der Waals surface area contributed by atoms with E-state index < -0.39 is 6.09 Å². The lowest BCUT2D eigenvalue weighted by molar-refractivity contribution is 0.140. The molecule has 1 aliphatic rings. The first-order valence-electron chi connectivity index (χ1n) is 9.46. The van der Waals surface area contributed by atoms with Crippen molar-refractivity contribution in [3.8, 4) is 0 Å². The van der Waals surface area contributed by atoms with Crippen molar-refractivity contribution in [2.45, 2.75) is 31.7 Å². The molecule has 0 aliphatic heterocycles. The molecular formula is C20H23BrN4O3. The van der Waals surface area contributed by atoms with Crippen molar-refractivity contribution in [3.05, 3.63) is 39.4 Å². The highest BCUT2D eigenvalue weighted by atomic mass is 79.9. The lowest BCUT2D eigenvalue weighted by Crippen LogP contribution is -2.34. The maximum Gasteiger partial charge on any atom is 0.407 e. The van der Waals surface area contributed by atoms with E-state index in [2.05, 4.69) is 20.9 Å². The second kappa shape index (κ2) is 7.24. The third kappa shape index (κ3) is 3.19. The van der Waals surface area contributed by atoms with E-state index >= 15 is 0 Å². The van der Waals surface area contributed by atoms with Crippen LogP contribution in [0.2, 0.25) is 0 Å². The Hall–Kier alpha value is -2.35. The van der Waals surface area contributed by atoms with Crippen molar-refractivity contribution in [2.24, 2.45) is 13.0 Å². The molecule has 0 atom stereocenters. The molecule has 148 valence electrons. The fourth-order valence-corrected chi connectivity index (χ4v) is 4.75. The fourth-order valence-electron chi connectivity index (χ4n) is 4.39. The van der Waals surface area contributed by atoms with E-state index in [0.29, 0.717) is 12.5 Å². The molecule has 1 aromatic carbocycles. The van der Waals surface area contributed by atoms with Crippen LogP contribution < -0.4 is 5.69 Å². The highest BCUT2D eigenvalue weighted by Gasteiger charge is 2.28. The number of carboxylic acid groups (broad SMARTS) is 1. The highest BCUT2D eigenvalue weighted by Crippen LogP contribution is 2.35. The standard InChI is InChI=1S/C20H23BrN4O3/c1-23(20(27)28)11-12-3-6-14(7-4-12)25-18-15-9-13(21)5-8-16(15)22-10-17(18)24(2)19(25)26/h5,8-10,12,14H,3-4,6-7,11H2,1-2H3,(H,27,28). The van der Waals surface area contributed by atoms with Crippen LogP contribution in [0.3, 0.4) is 0 Å². The molecule has 0 spiro atoms. The number of fused-ring (bicyclic) bond motifs is 3. The summed E-state index contributed by atoms with van der Waals surface area (Å²) in [6.07, 6.45) is 4.45. The minimum Gasteiger partial charge on any atom is -0.465 e. The number of carbonyl (C=O) groups is 1. The molecule has 1 aliphatic carbocycles. The number of pyridine rings is 1. The highest BCUT2D eigenvalue weighted by molar-refractivity contribution is 9.10. The van der Waals surface area contributed by atoms with Gasteiger partial charge in [-0.15, -0.1) is 0 Å². The SMILES string of the molecule is CN(CC1CCC(n2c(=O)n(C)c3cnc4ccc(Br)cc4c32)CC1)C(=O)O. The molecular weight excluding hydrogens is 424 g/mol. The molecule has 0 saturated heterocycles. The fraction of sp³-hybridized carbons (Fsp3) is 0.450. The summed E-state index contributed by atoms with van der Waals surface area (Å²) in [4.78, 5) is 30.0. The Bertz CT molecular complexity index is 1110. The van der Waals surface area contributed by atoms with Crippen molar-refractivity contribution < 1.29 is 9.90 Å². The number of rotatable bonds is 3. The number of amides is 1. The van der Waals surface area contributed by atoms with Crippen molar-refractivity contribution in [1.29, 1.82) is 0 Å². The molecule has 7 nitrogen and oxygen atoms in total. The van der Waals surface area contributed by atoms with E-state index in [1.54, 1.807) is 24.9 Å². The average Bonchev–Trinajstić information content (AvgIpc) is 2.93. The molecule has 8 heteroatoms. The predicted octanol–water partition coefficient (Wildman–Crippen LogP) is 3.99. The number of aryl methyl sites for hydroxylation is 1. The zero-order chi connectivity index (χ0) is 20.0. The van der Waals surface area contributed by atoms with Gasteiger partial charge in [-0.2, -0.15) is 0 Å². The molecule has 0 unspecified atom stereocenters. The van der Waals surface area contributed by atoms with Crippen LogP contribution >= 0.6 is 15.9 Å². The summed E-state index contributed by atoms with van der Waals surface area (Å²) in [6, 6.07) is 6.05. The van der Waals surface area contributed by atoms with E-state index in [4.69, 9.17) is 5.11 Å². The lowest BCUT2D eigenvalue weighted by atomic mass is 9.85. The summed E-state index contributed by atoms with van der Waals surface area (Å²) in [7, 11) is 3.40. The van der Waals surface area contributed by atoms with E-state index in [-0.39, 0.29) is 11.7 Å². The molecule has 4 rings (SSSR count). The average molecular weight is 447 g/mol. The van der Waals surface area contributed by atoms with Gasteiger partial charge in [-0.05, 0) is 49.8 Å². The normalized spacial score (nSPS) is 20.0. The van der Waals surface area contributed by atoms with Gasteiger partial charge in [-0.3, -0.25) is 14.1 Å². The predicted molar refractivity (Wildman–Crippen MR) is 112 cm³/mol. The summed E-state index contributed by atoms with van der Waals surface area (Å²) in [5.41, 5.74) is 2.62. The van der Waals surface area contributed by atoms with Gasteiger partial charge in [0.25, 0.3) is 0 Å². The van der Waals surface area contributed by atoms with Crippen LogP contribution in [0.25, 0.3) is 21.9 Å². The first-order chi connectivity index (χ1) is 13.4. The summed E-state index contributed by atoms with van der Waals surface area (Å²) in [5.74, 6) is 0.343. The first-order valence-corrected chi connectivity index (χ1v) is 10.3. The molecule has 1 amide bonds. The molecule has 0 radical (unpaired) electrons. The minimum absolute atomic E-state index is 0.0182. The lowest BCUT2D eigenvalue weighted by Gasteiger charge is -2.31. The van der Waals surface area contributed by atoms with E-state index in [0.717, 1.165) is 52.1 Å². The Balaban J connectivity index is 1.72. The van der Waals surface area contributed by atoms with E-state index in [9.17, 15) is 9.59 Å². The monoisotopic (exact) mass is 446 g/mol. The largest absolute Gasteiger partial charge is 0.465 e. The molecule has 3 aromatic rings. The van der Waals surface area contributed by atoms with Gasteiger partial charge in [0.1, 0.15) is 0 Å². The third-order valence-electron chi connectivity index (χ3n) is 5.92. The van der Waals surface area contributed by atoms with Gasteiger partial charge >= 0.3 is 11.8 Å². The number of halogens is 1. The number of hydrogen-bond donors (Lipinski definition) is 1. The van der Waals surface area contributed by atoms with Crippen LogP contribution in [0.4, 0.5) is 4.79 Å². The summed E-state index contributed by atoms with van der Waals surface area (Å²) < 4.78 is 4.56. The molecule has 28 heavy (non-hydrogen) atoms. The van der Waals surface area contributed by atoms with Gasteiger partial charge in [0.15, 0.2) is 0 Å². The van der Waals surface area contributed by atoms with Crippen LogP contribution in [-0.2, 0) is 7.05 Å². The molecule has 1 fully saturated rings. The number of nitrogens with zero attached hydrogens (tertiary/aromatic N) is 4. The maximum atomic E-state index is 13.1. The summed E-state index contributed by atoms with van der Waals surface area (Å²) in [5, 5.41) is 10.1. The quantitative estimate of drug-likeness (QED) is 0.659. The number of aromatic nitrogens is 3. The van der Waals surface area contributed by atoms with Crippen LogP contribution in [0.15, 0.2) is 33.7 Å². The maximum absolute atomic E-state index is 13.1. The summed E-state index contributed by atoms with van der Waals surface area (Å²) >= 11 is 3.53. The van der Waals surface area contributed by atoms with Crippen LogP contribution in [0.1, 0.15) is 31.7 Å². The number of benzene rings is 1. The van der Waals surface area contributed by atoms with Crippen molar-refractivity contribution in [3.63, 3.8) is 0 Å². The Morgan fingerprint density at radius 3 is 2.71 bits per heavy atom. The molecule has 2 heterocycles. The van der Waals surface area contributed by atoms with Gasteiger partial charge in [0.05, 0.1) is 22.7 Å². The zero-order valence-electron chi connectivity index (χ0n) is 15.9. The van der Waals surface area contributed by atoms with Crippen molar-refractivity contribution in [1.82, 2.24) is 19.0 Å². The van der Waals surface area contributed by atoms with E-state index in [1.807, 2.05) is 22.8 Å². The van der Waals surface area contributed by atoms with Crippen molar-refractivity contribution in [2.75, 3.05) is 13.6 Å². The van der Waals surface area contributed by atoms with Crippen LogP contribution in [-0.4, -0.2) is 43.8 Å². The number of imidazole rings is 1. The van der Waals surface area contributed by atoms with Crippen LogP contribution in [0, 0.1) is 5.92 Å². The van der Waals surface area contributed by atoms with Gasteiger partial charge in [0, 0.05) is 36.5 Å². The topological polar surface area (TPSA) is 80.4 Å². The Labute approximate surface area is 170 Å². The van der Waals surface area contributed by atoms with Gasteiger partial charge < -0.3 is 10.0 Å².